The van der Waals surface area contributed by atoms with Crippen molar-refractivity contribution in [2.24, 2.45) is 5.92 Å². The molecule has 1 aliphatic heterocycles. The highest BCUT2D eigenvalue weighted by molar-refractivity contribution is 7.91. The van der Waals surface area contributed by atoms with Crippen LogP contribution in [0.1, 0.15) is 31.7 Å². The summed E-state index contributed by atoms with van der Waals surface area (Å²) in [6.07, 6.45) is -2.82. The molecule has 34 heavy (non-hydrogen) atoms. The summed E-state index contributed by atoms with van der Waals surface area (Å²) in [7, 11) is -3.76. The summed E-state index contributed by atoms with van der Waals surface area (Å²) in [5.41, 5.74) is 1.73. The Morgan fingerprint density at radius 1 is 1.12 bits per heavy atom. The topological polar surface area (TPSA) is 92.8 Å². The van der Waals surface area contributed by atoms with Gasteiger partial charge in [-0.05, 0) is 74.2 Å². The number of carbonyl (C=O) groups is 2. The Balaban J connectivity index is 1.37. The lowest BCUT2D eigenvalue weighted by Crippen LogP contribution is -2.36. The van der Waals surface area contributed by atoms with Crippen molar-refractivity contribution in [1.29, 1.82) is 0 Å². The van der Waals surface area contributed by atoms with E-state index in [0.29, 0.717) is 6.42 Å². The van der Waals surface area contributed by atoms with E-state index in [1.165, 1.54) is 18.2 Å². The van der Waals surface area contributed by atoms with E-state index in [-0.39, 0.29) is 34.9 Å². The van der Waals surface area contributed by atoms with Crippen LogP contribution >= 0.6 is 0 Å². The SMILES string of the molecule is C[C@@H]1Cc2cc(S(=O)(=O)CCC(=O)Nc3ccc(OC(F)(F)F)cc3)ccc2N1C(=O)C1CC1. The number of carbonyl (C=O) groups excluding carboxylic acids is 2. The van der Waals surface area contributed by atoms with Gasteiger partial charge < -0.3 is 15.0 Å². The smallest absolute Gasteiger partial charge is 0.406 e. The average molecular weight is 497 g/mol. The van der Waals surface area contributed by atoms with E-state index >= 15 is 0 Å². The maximum absolute atomic E-state index is 12.8. The monoisotopic (exact) mass is 496 g/mol. The maximum atomic E-state index is 12.8. The Morgan fingerprint density at radius 3 is 2.41 bits per heavy atom. The standard InChI is InChI=1S/C23H23F3N2O5S/c1-14-12-16-13-19(8-9-20(16)28(14)22(30)15-2-3-15)34(31,32)11-10-21(29)27-17-4-6-18(7-5-17)33-23(24,25)26/h4-9,13-15H,2-3,10-12H2,1H3,(H,27,29)/t14-/m1/s1. The molecule has 2 aromatic rings. The van der Waals surface area contributed by atoms with E-state index in [2.05, 4.69) is 10.1 Å². The lowest BCUT2D eigenvalue weighted by Gasteiger charge is -2.22. The van der Waals surface area contributed by atoms with Crippen molar-refractivity contribution < 1.29 is 35.9 Å². The van der Waals surface area contributed by atoms with Crippen LogP contribution in [-0.4, -0.2) is 38.4 Å². The lowest BCUT2D eigenvalue weighted by atomic mass is 10.1. The molecule has 0 bridgehead atoms. The Hall–Kier alpha value is -3.08. The highest BCUT2D eigenvalue weighted by Crippen LogP contribution is 2.39. The summed E-state index contributed by atoms with van der Waals surface area (Å²) in [6, 6.07) is 9.17. The van der Waals surface area contributed by atoms with Crippen LogP contribution in [0, 0.1) is 5.92 Å². The summed E-state index contributed by atoms with van der Waals surface area (Å²) in [4.78, 5) is 26.6. The second-order valence-electron chi connectivity index (χ2n) is 8.52. The molecule has 1 heterocycles. The zero-order chi connectivity index (χ0) is 24.7. The molecule has 0 spiro atoms. The number of halogens is 3. The van der Waals surface area contributed by atoms with E-state index < -0.39 is 33.6 Å². The van der Waals surface area contributed by atoms with Gasteiger partial charge in [-0.3, -0.25) is 9.59 Å². The molecule has 1 N–H and O–H groups in total. The molecule has 11 heteroatoms. The minimum Gasteiger partial charge on any atom is -0.406 e. The largest absolute Gasteiger partial charge is 0.573 e. The normalized spacial score (nSPS) is 17.9. The minimum absolute atomic E-state index is 0.0419. The van der Waals surface area contributed by atoms with Crippen LogP contribution < -0.4 is 15.0 Å². The molecule has 7 nitrogen and oxygen atoms in total. The Bertz CT molecular complexity index is 1210. The summed E-state index contributed by atoms with van der Waals surface area (Å²) in [5, 5.41) is 2.45. The minimum atomic E-state index is -4.82. The number of benzene rings is 2. The van der Waals surface area contributed by atoms with Crippen molar-refractivity contribution in [2.75, 3.05) is 16.0 Å². The third kappa shape index (κ3) is 5.52. The first-order valence-corrected chi connectivity index (χ1v) is 12.4. The molecule has 1 saturated carbocycles. The van der Waals surface area contributed by atoms with Crippen LogP contribution in [0.2, 0.25) is 0 Å². The van der Waals surface area contributed by atoms with Crippen molar-refractivity contribution in [1.82, 2.24) is 0 Å². The van der Waals surface area contributed by atoms with Crippen molar-refractivity contribution >= 4 is 33.0 Å². The van der Waals surface area contributed by atoms with Gasteiger partial charge in [0.1, 0.15) is 5.75 Å². The molecule has 1 aliphatic carbocycles. The molecule has 0 aromatic heterocycles. The van der Waals surface area contributed by atoms with Crippen molar-refractivity contribution in [3.63, 3.8) is 0 Å². The van der Waals surface area contributed by atoms with Gasteiger partial charge in [0.2, 0.25) is 11.8 Å². The summed E-state index contributed by atoms with van der Waals surface area (Å²) in [5.74, 6) is -1.33. The van der Waals surface area contributed by atoms with Crippen molar-refractivity contribution in [2.45, 2.75) is 49.9 Å². The van der Waals surface area contributed by atoms with Crippen LogP contribution in [0.15, 0.2) is 47.4 Å². The Labute approximate surface area is 194 Å². The van der Waals surface area contributed by atoms with Gasteiger partial charge in [0.25, 0.3) is 0 Å². The third-order valence-electron chi connectivity index (χ3n) is 5.76. The molecule has 0 unspecified atom stereocenters. The van der Waals surface area contributed by atoms with E-state index in [9.17, 15) is 31.2 Å². The van der Waals surface area contributed by atoms with E-state index in [1.54, 1.807) is 17.0 Å². The number of hydrogen-bond acceptors (Lipinski definition) is 5. The average Bonchev–Trinajstić information content (AvgIpc) is 3.54. The van der Waals surface area contributed by atoms with Crippen LogP contribution in [0.3, 0.4) is 0 Å². The van der Waals surface area contributed by atoms with Crippen molar-refractivity contribution in [3.8, 4) is 5.75 Å². The quantitative estimate of drug-likeness (QED) is 0.624. The van der Waals surface area contributed by atoms with Gasteiger partial charge in [0.15, 0.2) is 9.84 Å². The molecular formula is C23H23F3N2O5S. The number of hydrogen-bond donors (Lipinski definition) is 1. The number of sulfone groups is 1. The zero-order valence-corrected chi connectivity index (χ0v) is 19.1. The molecule has 2 aromatic carbocycles. The maximum Gasteiger partial charge on any atom is 0.573 e. The van der Waals surface area contributed by atoms with E-state index in [1.807, 2.05) is 6.92 Å². The van der Waals surface area contributed by atoms with Crippen LogP contribution in [-0.2, 0) is 25.8 Å². The second-order valence-corrected chi connectivity index (χ2v) is 10.6. The number of alkyl halides is 3. The number of rotatable bonds is 7. The third-order valence-corrected chi connectivity index (χ3v) is 7.47. The first kappa shape index (κ1) is 24.1. The van der Waals surface area contributed by atoms with Gasteiger partial charge >= 0.3 is 6.36 Å². The highest BCUT2D eigenvalue weighted by atomic mass is 32.2. The fourth-order valence-corrected chi connectivity index (χ4v) is 5.26. The predicted molar refractivity (Wildman–Crippen MR) is 118 cm³/mol. The highest BCUT2D eigenvalue weighted by Gasteiger charge is 2.39. The summed E-state index contributed by atoms with van der Waals surface area (Å²) in [6.45, 7) is 1.93. The molecule has 1 atom stereocenters. The summed E-state index contributed by atoms with van der Waals surface area (Å²) >= 11 is 0. The van der Waals surface area contributed by atoms with Gasteiger partial charge in [-0.2, -0.15) is 0 Å². The zero-order valence-electron chi connectivity index (χ0n) is 18.3. The molecular weight excluding hydrogens is 473 g/mol. The van der Waals surface area contributed by atoms with Crippen molar-refractivity contribution in [3.05, 3.63) is 48.0 Å². The molecule has 4 rings (SSSR count). The molecule has 2 amide bonds. The van der Waals surface area contributed by atoms with Crippen LogP contribution in [0.25, 0.3) is 0 Å². The van der Waals surface area contributed by atoms with Crippen LogP contribution in [0.5, 0.6) is 5.75 Å². The number of anilines is 2. The second kappa shape index (κ2) is 8.94. The lowest BCUT2D eigenvalue weighted by molar-refractivity contribution is -0.274. The molecule has 2 aliphatic rings. The van der Waals surface area contributed by atoms with E-state index in [4.69, 9.17) is 0 Å². The molecule has 0 saturated heterocycles. The van der Waals surface area contributed by atoms with Crippen LogP contribution in [0.4, 0.5) is 24.5 Å². The number of fused-ring (bicyclic) bond motifs is 1. The number of nitrogens with zero attached hydrogens (tertiary/aromatic N) is 1. The first-order valence-electron chi connectivity index (χ1n) is 10.8. The van der Waals surface area contributed by atoms with Gasteiger partial charge in [-0.15, -0.1) is 13.2 Å². The Morgan fingerprint density at radius 2 is 1.79 bits per heavy atom. The van der Waals surface area contributed by atoms with Gasteiger partial charge in [0, 0.05) is 29.8 Å². The van der Waals surface area contributed by atoms with E-state index in [0.717, 1.165) is 36.2 Å². The number of nitrogens with one attached hydrogen (secondary N) is 1. The molecule has 1 fully saturated rings. The predicted octanol–water partition coefficient (Wildman–Crippen LogP) is 4.08. The fourth-order valence-electron chi connectivity index (χ4n) is 3.97. The molecule has 182 valence electrons. The number of ether oxygens (including phenoxy) is 1. The molecule has 0 radical (unpaired) electrons. The van der Waals surface area contributed by atoms with Gasteiger partial charge in [-0.25, -0.2) is 8.42 Å². The fraction of sp³-hybridized carbons (Fsp3) is 0.391. The van der Waals surface area contributed by atoms with Gasteiger partial charge in [0.05, 0.1) is 10.6 Å². The van der Waals surface area contributed by atoms with Gasteiger partial charge in [-0.1, -0.05) is 0 Å². The Kier molecular flexibility index (Phi) is 6.32. The number of amides is 2. The summed E-state index contributed by atoms with van der Waals surface area (Å²) < 4.78 is 66.0. The first-order chi connectivity index (χ1) is 15.9.